The molecule has 1 aromatic rings. The van der Waals surface area contributed by atoms with Crippen molar-refractivity contribution in [1.29, 1.82) is 0 Å². The molecule has 0 bridgehead atoms. The first-order chi connectivity index (χ1) is 10.1. The predicted molar refractivity (Wildman–Crippen MR) is 76.7 cm³/mol. The molecular formula is C16H15NO4. The van der Waals surface area contributed by atoms with Gasteiger partial charge in [-0.15, -0.1) is 0 Å². The Morgan fingerprint density at radius 1 is 1.14 bits per heavy atom. The van der Waals surface area contributed by atoms with Crippen molar-refractivity contribution in [3.8, 4) is 0 Å². The first-order valence-corrected chi connectivity index (χ1v) is 6.88. The highest BCUT2D eigenvalue weighted by Crippen LogP contribution is 2.46. The van der Waals surface area contributed by atoms with Crippen molar-refractivity contribution in [3.05, 3.63) is 64.2 Å². The number of ether oxygens (including phenoxy) is 1. The van der Waals surface area contributed by atoms with Crippen LogP contribution in [0.5, 0.6) is 0 Å². The number of nitro groups is 1. The lowest BCUT2D eigenvalue weighted by Gasteiger charge is -2.48. The van der Waals surface area contributed by atoms with Gasteiger partial charge in [-0.05, 0) is 18.1 Å². The van der Waals surface area contributed by atoms with Gasteiger partial charge in [0.15, 0.2) is 0 Å². The van der Waals surface area contributed by atoms with Gasteiger partial charge in [-0.25, -0.2) is 4.79 Å². The largest absolute Gasteiger partial charge is 0.458 e. The molecule has 0 radical (unpaired) electrons. The molecule has 2 aliphatic rings. The number of esters is 1. The average Bonchev–Trinajstić information content (AvgIpc) is 2.52. The van der Waals surface area contributed by atoms with Crippen LogP contribution >= 0.6 is 0 Å². The van der Waals surface area contributed by atoms with E-state index in [1.54, 1.807) is 0 Å². The minimum absolute atomic E-state index is 0.0380. The van der Waals surface area contributed by atoms with Gasteiger partial charge in [-0.2, -0.15) is 0 Å². The Morgan fingerprint density at radius 3 is 2.38 bits per heavy atom. The highest BCUT2D eigenvalue weighted by atomic mass is 16.6. The van der Waals surface area contributed by atoms with E-state index >= 15 is 0 Å². The van der Waals surface area contributed by atoms with E-state index in [-0.39, 0.29) is 23.6 Å². The standard InChI is InChI=1S/C16H15NO4/c1-10-13-4-2-3-5-14(13)15(10)21-16(18)11-6-8-12(9-7-11)17(19)20/h2-10,13-15H,1H3/t10-,13-,14+,15+/m1/s1. The van der Waals surface area contributed by atoms with E-state index in [0.717, 1.165) is 0 Å². The van der Waals surface area contributed by atoms with E-state index in [9.17, 15) is 14.9 Å². The van der Waals surface area contributed by atoms with Gasteiger partial charge in [-0.1, -0.05) is 31.2 Å². The highest BCUT2D eigenvalue weighted by Gasteiger charge is 2.48. The lowest BCUT2D eigenvalue weighted by atomic mass is 9.61. The van der Waals surface area contributed by atoms with Crippen molar-refractivity contribution < 1.29 is 14.5 Å². The summed E-state index contributed by atoms with van der Waals surface area (Å²) in [6, 6.07) is 5.48. The molecule has 0 heterocycles. The van der Waals surface area contributed by atoms with Gasteiger partial charge in [0, 0.05) is 24.0 Å². The molecule has 3 rings (SSSR count). The second kappa shape index (κ2) is 5.16. The number of nitrogens with zero attached hydrogens (tertiary/aromatic N) is 1. The first kappa shape index (κ1) is 13.5. The number of carbonyl (C=O) groups is 1. The summed E-state index contributed by atoms with van der Waals surface area (Å²) in [6.45, 7) is 2.07. The van der Waals surface area contributed by atoms with Crippen LogP contribution in [0.3, 0.4) is 0 Å². The Kier molecular flexibility index (Phi) is 3.33. The first-order valence-electron chi connectivity index (χ1n) is 6.88. The van der Waals surface area contributed by atoms with Crippen molar-refractivity contribution in [2.24, 2.45) is 17.8 Å². The Bertz CT molecular complexity index is 632. The maximum Gasteiger partial charge on any atom is 0.338 e. The van der Waals surface area contributed by atoms with E-state index in [4.69, 9.17) is 4.74 Å². The minimum atomic E-state index is -0.493. The average molecular weight is 285 g/mol. The van der Waals surface area contributed by atoms with E-state index in [1.807, 2.05) is 12.2 Å². The second-order valence-electron chi connectivity index (χ2n) is 5.46. The summed E-state index contributed by atoms with van der Waals surface area (Å²) < 4.78 is 5.56. The van der Waals surface area contributed by atoms with Gasteiger partial charge >= 0.3 is 5.97 Å². The molecule has 0 unspecified atom stereocenters. The molecule has 0 spiro atoms. The van der Waals surface area contributed by atoms with Crippen molar-refractivity contribution in [3.63, 3.8) is 0 Å². The Hall–Kier alpha value is -2.43. The number of hydrogen-bond donors (Lipinski definition) is 0. The normalized spacial score (nSPS) is 29.4. The molecule has 0 N–H and O–H groups in total. The van der Waals surface area contributed by atoms with Crippen LogP contribution in [0.1, 0.15) is 17.3 Å². The van der Waals surface area contributed by atoms with Crippen molar-refractivity contribution in [1.82, 2.24) is 0 Å². The monoisotopic (exact) mass is 285 g/mol. The molecule has 5 nitrogen and oxygen atoms in total. The number of nitro benzene ring substituents is 1. The summed E-state index contributed by atoms with van der Waals surface area (Å²) >= 11 is 0. The number of carbonyl (C=O) groups excluding carboxylic acids is 1. The van der Waals surface area contributed by atoms with Crippen molar-refractivity contribution >= 4 is 11.7 Å². The lowest BCUT2D eigenvalue weighted by molar-refractivity contribution is -0.384. The fourth-order valence-corrected chi connectivity index (χ4v) is 3.02. The molecular weight excluding hydrogens is 270 g/mol. The number of hydrogen-bond acceptors (Lipinski definition) is 4. The van der Waals surface area contributed by atoms with Gasteiger partial charge in [0.05, 0.1) is 10.5 Å². The van der Waals surface area contributed by atoms with Crippen LogP contribution in [0, 0.1) is 27.9 Å². The summed E-state index contributed by atoms with van der Waals surface area (Å²) in [7, 11) is 0. The Labute approximate surface area is 122 Å². The quantitative estimate of drug-likeness (QED) is 0.486. The van der Waals surface area contributed by atoms with E-state index < -0.39 is 10.9 Å². The molecule has 0 aromatic heterocycles. The summed E-state index contributed by atoms with van der Waals surface area (Å²) in [5, 5.41) is 10.6. The summed E-state index contributed by atoms with van der Waals surface area (Å²) in [4.78, 5) is 22.2. The minimum Gasteiger partial charge on any atom is -0.458 e. The van der Waals surface area contributed by atoms with Gasteiger partial charge in [0.25, 0.3) is 5.69 Å². The van der Waals surface area contributed by atoms with Crippen LogP contribution in [0.2, 0.25) is 0 Å². The van der Waals surface area contributed by atoms with Crippen LogP contribution in [-0.4, -0.2) is 17.0 Å². The molecule has 4 atom stereocenters. The fourth-order valence-electron chi connectivity index (χ4n) is 3.02. The smallest absolute Gasteiger partial charge is 0.338 e. The molecule has 5 heteroatoms. The van der Waals surface area contributed by atoms with E-state index in [0.29, 0.717) is 11.5 Å². The van der Waals surface area contributed by atoms with Crippen LogP contribution in [-0.2, 0) is 4.74 Å². The molecule has 1 aromatic carbocycles. The number of benzene rings is 1. The summed E-state index contributed by atoms with van der Waals surface area (Å²) in [6.07, 6.45) is 8.08. The number of rotatable bonds is 3. The number of allylic oxidation sites excluding steroid dienone is 3. The lowest BCUT2D eigenvalue weighted by Crippen LogP contribution is -2.51. The van der Waals surface area contributed by atoms with E-state index in [1.165, 1.54) is 24.3 Å². The maximum atomic E-state index is 12.1. The van der Waals surface area contributed by atoms with Crippen LogP contribution in [0.25, 0.3) is 0 Å². The SMILES string of the molecule is C[C@@H]1[C@H]2C=CC=C[C@@H]2[C@H]1OC(=O)c1ccc([N+](=O)[O-])cc1. The Balaban J connectivity index is 1.68. The topological polar surface area (TPSA) is 69.4 Å². The zero-order chi connectivity index (χ0) is 15.0. The predicted octanol–water partition coefficient (Wildman–Crippen LogP) is 3.13. The third-order valence-electron chi connectivity index (χ3n) is 4.28. The molecule has 1 saturated carbocycles. The number of non-ortho nitro benzene ring substituents is 1. The van der Waals surface area contributed by atoms with Crippen molar-refractivity contribution in [2.45, 2.75) is 13.0 Å². The highest BCUT2D eigenvalue weighted by molar-refractivity contribution is 5.89. The van der Waals surface area contributed by atoms with Gasteiger partial charge in [0.1, 0.15) is 6.10 Å². The fraction of sp³-hybridized carbons (Fsp3) is 0.312. The van der Waals surface area contributed by atoms with E-state index in [2.05, 4.69) is 19.1 Å². The number of fused-ring (bicyclic) bond motifs is 1. The third kappa shape index (κ3) is 2.35. The molecule has 0 aliphatic heterocycles. The molecule has 0 amide bonds. The molecule has 0 saturated heterocycles. The van der Waals surface area contributed by atoms with Crippen LogP contribution < -0.4 is 0 Å². The third-order valence-corrected chi connectivity index (χ3v) is 4.28. The molecule has 2 aliphatic carbocycles. The molecule has 108 valence electrons. The van der Waals surface area contributed by atoms with Crippen molar-refractivity contribution in [2.75, 3.05) is 0 Å². The van der Waals surface area contributed by atoms with Gasteiger partial charge < -0.3 is 4.74 Å². The summed E-state index contributed by atoms with van der Waals surface area (Å²) in [5.41, 5.74) is 0.301. The van der Waals surface area contributed by atoms with Crippen LogP contribution in [0.4, 0.5) is 5.69 Å². The Morgan fingerprint density at radius 2 is 1.76 bits per heavy atom. The second-order valence-corrected chi connectivity index (χ2v) is 5.46. The van der Waals surface area contributed by atoms with Gasteiger partial charge in [0.2, 0.25) is 0 Å². The van der Waals surface area contributed by atoms with Crippen LogP contribution in [0.15, 0.2) is 48.6 Å². The maximum absolute atomic E-state index is 12.1. The summed E-state index contributed by atoms with van der Waals surface area (Å²) in [5.74, 6) is 0.540. The molecule has 1 fully saturated rings. The van der Waals surface area contributed by atoms with Gasteiger partial charge in [-0.3, -0.25) is 10.1 Å². The zero-order valence-electron chi connectivity index (χ0n) is 11.5. The zero-order valence-corrected chi connectivity index (χ0v) is 11.5. The molecule has 21 heavy (non-hydrogen) atoms.